The van der Waals surface area contributed by atoms with Gasteiger partial charge in [0.2, 0.25) is 5.82 Å². The summed E-state index contributed by atoms with van der Waals surface area (Å²) in [6, 6.07) is 3.75. The summed E-state index contributed by atoms with van der Waals surface area (Å²) >= 11 is 1.74. The second-order valence-electron chi connectivity index (χ2n) is 7.02. The summed E-state index contributed by atoms with van der Waals surface area (Å²) in [7, 11) is 0. The number of amides is 1. The summed E-state index contributed by atoms with van der Waals surface area (Å²) in [6.45, 7) is 2.67. The number of nitrogens with one attached hydrogen (secondary N) is 1. The van der Waals surface area contributed by atoms with Crippen LogP contribution in [0.15, 0.2) is 30.9 Å². The van der Waals surface area contributed by atoms with E-state index in [1.165, 1.54) is 16.9 Å². The molecule has 0 radical (unpaired) electrons. The van der Waals surface area contributed by atoms with E-state index in [0.29, 0.717) is 12.5 Å². The molecule has 0 fully saturated rings. The second-order valence-corrected chi connectivity index (χ2v) is 8.11. The monoisotopic (exact) mass is 378 g/mol. The molecule has 0 saturated heterocycles. The Kier molecular flexibility index (Phi) is 3.86. The molecule has 7 nitrogen and oxygen atoms in total. The summed E-state index contributed by atoms with van der Waals surface area (Å²) in [5.74, 6) is 0.519. The zero-order chi connectivity index (χ0) is 18.4. The maximum Gasteiger partial charge on any atom is 0.291 e. The van der Waals surface area contributed by atoms with Gasteiger partial charge >= 0.3 is 0 Å². The summed E-state index contributed by atoms with van der Waals surface area (Å²) in [4.78, 5) is 28.0. The molecule has 1 N–H and O–H groups in total. The lowest BCUT2D eigenvalue weighted by molar-refractivity contribution is 0.0940. The number of thiophene rings is 1. The number of carbonyl (C=O) groups excluding carboxylic acids is 1. The van der Waals surface area contributed by atoms with Crippen molar-refractivity contribution in [2.24, 2.45) is 5.92 Å². The fraction of sp³-hybridized carbons (Fsp3) is 0.316. The van der Waals surface area contributed by atoms with E-state index in [1.807, 2.05) is 12.1 Å². The van der Waals surface area contributed by atoms with Crippen molar-refractivity contribution in [2.75, 3.05) is 0 Å². The van der Waals surface area contributed by atoms with Crippen molar-refractivity contribution >= 4 is 33.1 Å². The Balaban J connectivity index is 1.50. The molecule has 1 aliphatic rings. The van der Waals surface area contributed by atoms with Crippen LogP contribution in [0.4, 0.5) is 0 Å². The van der Waals surface area contributed by atoms with E-state index in [-0.39, 0.29) is 11.7 Å². The fourth-order valence-electron chi connectivity index (χ4n) is 3.61. The van der Waals surface area contributed by atoms with Crippen molar-refractivity contribution in [2.45, 2.75) is 32.7 Å². The molecule has 8 heteroatoms. The van der Waals surface area contributed by atoms with E-state index in [9.17, 15) is 4.79 Å². The highest BCUT2D eigenvalue weighted by Gasteiger charge is 2.24. The van der Waals surface area contributed by atoms with Gasteiger partial charge in [-0.2, -0.15) is 0 Å². The molecule has 1 amide bonds. The predicted octanol–water partition coefficient (Wildman–Crippen LogP) is 2.79. The SMILES string of the molecule is C[C@H]1CCc2sc3ncn4nc(C(=O)NCc5cccnc5)nc4c3c2C1. The average Bonchev–Trinajstić information content (AvgIpc) is 3.27. The minimum atomic E-state index is -0.298. The lowest BCUT2D eigenvalue weighted by Crippen LogP contribution is -2.24. The van der Waals surface area contributed by atoms with Crippen LogP contribution in [0.25, 0.3) is 15.9 Å². The molecular weight excluding hydrogens is 360 g/mol. The van der Waals surface area contributed by atoms with Gasteiger partial charge in [0, 0.05) is 23.8 Å². The minimum absolute atomic E-state index is 0.164. The molecule has 0 aliphatic heterocycles. The molecule has 0 spiro atoms. The number of aryl methyl sites for hydroxylation is 1. The van der Waals surface area contributed by atoms with Crippen LogP contribution in [0.1, 0.15) is 40.0 Å². The highest BCUT2D eigenvalue weighted by molar-refractivity contribution is 7.19. The van der Waals surface area contributed by atoms with Gasteiger partial charge in [0.05, 0.1) is 5.39 Å². The number of pyridine rings is 1. The normalized spacial score (nSPS) is 16.6. The quantitative estimate of drug-likeness (QED) is 0.592. The van der Waals surface area contributed by atoms with Crippen LogP contribution in [0.2, 0.25) is 0 Å². The molecular formula is C19H18N6OS. The van der Waals surface area contributed by atoms with Crippen LogP contribution < -0.4 is 5.32 Å². The van der Waals surface area contributed by atoms with E-state index < -0.39 is 0 Å². The standard InChI is InChI=1S/C19H18N6OS/c1-11-4-5-14-13(7-11)15-17-23-16(24-25(17)10-22-19(15)27-14)18(26)21-9-12-3-2-6-20-8-12/h2-3,6,8,10-11H,4-5,7,9H2,1H3,(H,21,26)/t11-/m0/s1. The van der Waals surface area contributed by atoms with Crippen LogP contribution in [0.5, 0.6) is 0 Å². The molecule has 136 valence electrons. The Labute approximate surface area is 159 Å². The van der Waals surface area contributed by atoms with Crippen LogP contribution in [-0.4, -0.2) is 30.5 Å². The van der Waals surface area contributed by atoms with Gasteiger partial charge < -0.3 is 5.32 Å². The highest BCUT2D eigenvalue weighted by Crippen LogP contribution is 2.38. The van der Waals surface area contributed by atoms with Crippen LogP contribution >= 0.6 is 11.3 Å². The van der Waals surface area contributed by atoms with Gasteiger partial charge in [-0.05, 0) is 42.4 Å². The summed E-state index contributed by atoms with van der Waals surface area (Å²) < 4.78 is 1.62. The molecule has 1 aliphatic carbocycles. The molecule has 0 unspecified atom stereocenters. The Bertz CT molecular complexity index is 1150. The van der Waals surface area contributed by atoms with Gasteiger partial charge in [-0.25, -0.2) is 14.5 Å². The number of hydrogen-bond acceptors (Lipinski definition) is 6. The number of carbonyl (C=O) groups is 1. The van der Waals surface area contributed by atoms with Gasteiger partial charge in [0.15, 0.2) is 5.65 Å². The molecule has 0 aromatic carbocycles. The second kappa shape index (κ2) is 6.38. The maximum absolute atomic E-state index is 12.5. The molecule has 0 bridgehead atoms. The van der Waals surface area contributed by atoms with Crippen LogP contribution in [0.3, 0.4) is 0 Å². The molecule has 5 rings (SSSR count). The third-order valence-electron chi connectivity index (χ3n) is 5.01. The molecule has 4 aromatic heterocycles. The fourth-order valence-corrected chi connectivity index (χ4v) is 4.79. The van der Waals surface area contributed by atoms with Gasteiger partial charge in [0.1, 0.15) is 11.2 Å². The van der Waals surface area contributed by atoms with Crippen molar-refractivity contribution < 1.29 is 4.79 Å². The first-order valence-electron chi connectivity index (χ1n) is 9.02. The molecule has 4 heterocycles. The first kappa shape index (κ1) is 16.3. The van der Waals surface area contributed by atoms with E-state index in [2.05, 4.69) is 32.3 Å². The Morgan fingerprint density at radius 3 is 3.22 bits per heavy atom. The van der Waals surface area contributed by atoms with Gasteiger partial charge in [0.25, 0.3) is 5.91 Å². The Morgan fingerprint density at radius 2 is 2.37 bits per heavy atom. The first-order chi connectivity index (χ1) is 13.2. The summed E-state index contributed by atoms with van der Waals surface area (Å²) in [5.41, 5.74) is 2.99. The Morgan fingerprint density at radius 1 is 1.44 bits per heavy atom. The number of fused-ring (bicyclic) bond motifs is 5. The van der Waals surface area contributed by atoms with Crippen molar-refractivity contribution in [1.29, 1.82) is 0 Å². The summed E-state index contributed by atoms with van der Waals surface area (Å²) in [6.07, 6.45) is 8.42. The topological polar surface area (TPSA) is 85.1 Å². The van der Waals surface area contributed by atoms with Gasteiger partial charge in [-0.1, -0.05) is 13.0 Å². The number of nitrogens with zero attached hydrogens (tertiary/aromatic N) is 5. The van der Waals surface area contributed by atoms with Crippen molar-refractivity contribution in [3.63, 3.8) is 0 Å². The van der Waals surface area contributed by atoms with Crippen molar-refractivity contribution in [1.82, 2.24) is 29.9 Å². The van der Waals surface area contributed by atoms with E-state index >= 15 is 0 Å². The molecule has 0 saturated carbocycles. The highest BCUT2D eigenvalue weighted by atomic mass is 32.1. The maximum atomic E-state index is 12.5. The number of aromatic nitrogens is 5. The largest absolute Gasteiger partial charge is 0.345 e. The zero-order valence-electron chi connectivity index (χ0n) is 14.8. The third kappa shape index (κ3) is 2.86. The molecule has 27 heavy (non-hydrogen) atoms. The van der Waals surface area contributed by atoms with Crippen molar-refractivity contribution in [3.8, 4) is 0 Å². The third-order valence-corrected chi connectivity index (χ3v) is 6.21. The predicted molar refractivity (Wildman–Crippen MR) is 103 cm³/mol. The number of hydrogen-bond donors (Lipinski definition) is 1. The average molecular weight is 378 g/mol. The minimum Gasteiger partial charge on any atom is -0.345 e. The van der Waals surface area contributed by atoms with E-state index in [4.69, 9.17) is 0 Å². The van der Waals surface area contributed by atoms with Gasteiger partial charge in [-0.15, -0.1) is 16.4 Å². The molecule has 4 aromatic rings. The van der Waals surface area contributed by atoms with Crippen molar-refractivity contribution in [3.05, 3.63) is 52.7 Å². The zero-order valence-corrected chi connectivity index (χ0v) is 15.7. The first-order valence-corrected chi connectivity index (χ1v) is 9.83. The summed E-state index contributed by atoms with van der Waals surface area (Å²) in [5, 5.41) is 8.25. The lowest BCUT2D eigenvalue weighted by Gasteiger charge is -2.17. The van der Waals surface area contributed by atoms with Crippen LogP contribution in [0, 0.1) is 5.92 Å². The molecule has 1 atom stereocenters. The number of rotatable bonds is 3. The van der Waals surface area contributed by atoms with E-state index in [0.717, 1.165) is 34.3 Å². The van der Waals surface area contributed by atoms with Crippen LogP contribution in [-0.2, 0) is 19.4 Å². The smallest absolute Gasteiger partial charge is 0.291 e. The lowest BCUT2D eigenvalue weighted by atomic mass is 9.89. The van der Waals surface area contributed by atoms with Gasteiger partial charge in [-0.3, -0.25) is 9.78 Å². The van der Waals surface area contributed by atoms with E-state index in [1.54, 1.807) is 34.6 Å². The Hall–Kier alpha value is -2.87.